The molecule has 2 unspecified atom stereocenters. The first-order valence-corrected chi connectivity index (χ1v) is 15.5. The summed E-state index contributed by atoms with van der Waals surface area (Å²) >= 11 is 0. The number of furan rings is 1. The molecule has 0 saturated heterocycles. The molecule has 45 heavy (non-hydrogen) atoms. The van der Waals surface area contributed by atoms with Crippen LogP contribution in [0.5, 0.6) is 5.75 Å². The zero-order chi connectivity index (χ0) is 29.5. The van der Waals surface area contributed by atoms with Crippen LogP contribution in [0.2, 0.25) is 0 Å². The lowest BCUT2D eigenvalue weighted by molar-refractivity contribution is 0.269. The quantitative estimate of drug-likeness (QED) is 0.209. The zero-order valence-electron chi connectivity index (χ0n) is 24.4. The van der Waals surface area contributed by atoms with E-state index in [0.717, 1.165) is 27.7 Å². The third-order valence-corrected chi connectivity index (χ3v) is 9.54. The Hall–Kier alpha value is -5.80. The number of para-hydroxylation sites is 2. The Bertz CT molecular complexity index is 2510. The predicted octanol–water partition coefficient (Wildman–Crippen LogP) is 10.8. The fourth-order valence-corrected chi connectivity index (χ4v) is 7.40. The number of hydrogen-bond donors (Lipinski definition) is 0. The maximum atomic E-state index is 6.60. The van der Waals surface area contributed by atoms with E-state index in [1.165, 1.54) is 55.3 Å². The highest BCUT2D eigenvalue weighted by Gasteiger charge is 2.36. The monoisotopic (exact) mass is 577 g/mol. The average Bonchev–Trinajstić information content (AvgIpc) is 3.77. The van der Waals surface area contributed by atoms with Crippen LogP contribution in [0.4, 0.5) is 0 Å². The Morgan fingerprint density at radius 1 is 0.556 bits per heavy atom. The van der Waals surface area contributed by atoms with Crippen LogP contribution >= 0.6 is 0 Å². The van der Waals surface area contributed by atoms with Gasteiger partial charge in [-0.1, -0.05) is 97.1 Å². The van der Waals surface area contributed by atoms with E-state index in [1.54, 1.807) is 0 Å². The lowest BCUT2D eigenvalue weighted by Gasteiger charge is -2.19. The Kier molecular flexibility index (Phi) is 5.11. The second-order valence-electron chi connectivity index (χ2n) is 12.0. The molecule has 212 valence electrons. The van der Waals surface area contributed by atoms with E-state index < -0.39 is 0 Å². The number of rotatable bonds is 3. The molecule has 3 heteroatoms. The van der Waals surface area contributed by atoms with Crippen LogP contribution in [0.15, 0.2) is 156 Å². The van der Waals surface area contributed by atoms with Crippen LogP contribution in [0.25, 0.3) is 66.1 Å². The van der Waals surface area contributed by atoms with Gasteiger partial charge in [-0.25, -0.2) is 0 Å². The normalized spacial score (nSPS) is 17.1. The van der Waals surface area contributed by atoms with Gasteiger partial charge in [0.25, 0.3) is 0 Å². The summed E-state index contributed by atoms with van der Waals surface area (Å²) in [6.07, 6.45) is 6.74. The third kappa shape index (κ3) is 3.64. The standard InChI is InChI=1S/C42H27NO2/c1-3-9-26(10-4-1)27-16-21-39-35(24-27)32-18-19-33-36-25-29(17-22-40(36)45-42(33)41(32)44-39)28-15-20-38-34(23-28)31-13-7-8-14-37(31)43(38)30-11-5-2-6-12-30/h1-25,36,40H. The van der Waals surface area contributed by atoms with Gasteiger partial charge in [0.15, 0.2) is 11.3 Å². The number of allylic oxidation sites excluding steroid dienone is 2. The van der Waals surface area contributed by atoms with Crippen molar-refractivity contribution in [2.24, 2.45) is 0 Å². The van der Waals surface area contributed by atoms with E-state index in [0.29, 0.717) is 0 Å². The molecule has 0 fully saturated rings. The molecule has 0 amide bonds. The fourth-order valence-electron chi connectivity index (χ4n) is 7.40. The van der Waals surface area contributed by atoms with Gasteiger partial charge in [0.2, 0.25) is 0 Å². The summed E-state index contributed by atoms with van der Waals surface area (Å²) in [5.41, 5.74) is 11.3. The molecule has 0 bridgehead atoms. The highest BCUT2D eigenvalue weighted by molar-refractivity contribution is 6.11. The van der Waals surface area contributed by atoms with Crippen LogP contribution in [-0.4, -0.2) is 10.7 Å². The lowest BCUT2D eigenvalue weighted by atomic mass is 9.86. The van der Waals surface area contributed by atoms with Crippen molar-refractivity contribution in [3.05, 3.63) is 163 Å². The molecule has 3 heterocycles. The van der Waals surface area contributed by atoms with Crippen molar-refractivity contribution < 1.29 is 9.15 Å². The lowest BCUT2D eigenvalue weighted by Crippen LogP contribution is -2.16. The SMILES string of the molecule is C1=CC2Oc3c(ccc4c3oc3ccc(-c5ccccc5)cc34)C2C=C1c1ccc2c(c1)c1ccccc1n2-c1ccccc1. The molecular weight excluding hydrogens is 550 g/mol. The van der Waals surface area contributed by atoms with Crippen LogP contribution < -0.4 is 4.74 Å². The zero-order valence-corrected chi connectivity index (χ0v) is 24.4. The summed E-state index contributed by atoms with van der Waals surface area (Å²) in [6.45, 7) is 0. The van der Waals surface area contributed by atoms with E-state index in [1.807, 2.05) is 6.07 Å². The van der Waals surface area contributed by atoms with E-state index in [2.05, 4.69) is 150 Å². The largest absolute Gasteiger partial charge is 0.481 e. The molecule has 0 radical (unpaired) electrons. The first-order chi connectivity index (χ1) is 22.3. The van der Waals surface area contributed by atoms with Crippen molar-refractivity contribution in [1.29, 1.82) is 0 Å². The van der Waals surface area contributed by atoms with Gasteiger partial charge in [-0.15, -0.1) is 0 Å². The number of fused-ring (bicyclic) bond motifs is 10. The summed E-state index contributed by atoms with van der Waals surface area (Å²) in [4.78, 5) is 0. The first kappa shape index (κ1) is 24.6. The fraction of sp³-hybridized carbons (Fsp3) is 0.0476. The summed E-state index contributed by atoms with van der Waals surface area (Å²) in [6, 6.07) is 47.5. The van der Waals surface area contributed by atoms with Gasteiger partial charge in [0, 0.05) is 38.7 Å². The Labute approximate surface area is 259 Å². The van der Waals surface area contributed by atoms with Gasteiger partial charge in [-0.3, -0.25) is 0 Å². The Balaban J connectivity index is 1.07. The van der Waals surface area contributed by atoms with Gasteiger partial charge in [0.1, 0.15) is 11.7 Å². The van der Waals surface area contributed by atoms with Crippen molar-refractivity contribution in [2.75, 3.05) is 0 Å². The second kappa shape index (κ2) is 9.35. The van der Waals surface area contributed by atoms with E-state index in [-0.39, 0.29) is 12.0 Å². The molecule has 2 aromatic heterocycles. The van der Waals surface area contributed by atoms with Gasteiger partial charge < -0.3 is 13.7 Å². The highest BCUT2D eigenvalue weighted by atomic mass is 16.5. The Morgan fingerprint density at radius 2 is 1.31 bits per heavy atom. The van der Waals surface area contributed by atoms with Crippen molar-refractivity contribution in [2.45, 2.75) is 12.0 Å². The summed E-state index contributed by atoms with van der Waals surface area (Å²) in [5, 5.41) is 4.72. The minimum absolute atomic E-state index is 0.0498. The van der Waals surface area contributed by atoms with Crippen molar-refractivity contribution >= 4 is 49.3 Å². The van der Waals surface area contributed by atoms with Crippen molar-refractivity contribution in [1.82, 2.24) is 4.57 Å². The predicted molar refractivity (Wildman–Crippen MR) is 184 cm³/mol. The number of benzene rings is 6. The second-order valence-corrected chi connectivity index (χ2v) is 12.0. The Morgan fingerprint density at radius 3 is 2.20 bits per heavy atom. The third-order valence-electron chi connectivity index (χ3n) is 9.54. The maximum Gasteiger partial charge on any atom is 0.177 e. The smallest absolute Gasteiger partial charge is 0.177 e. The van der Waals surface area contributed by atoms with Gasteiger partial charge in [0.05, 0.1) is 11.0 Å². The molecule has 6 aromatic carbocycles. The molecule has 10 rings (SSSR count). The van der Waals surface area contributed by atoms with Crippen molar-refractivity contribution in [3.8, 4) is 22.6 Å². The van der Waals surface area contributed by atoms with Crippen LogP contribution in [0.1, 0.15) is 17.0 Å². The number of nitrogens with zero attached hydrogens (tertiary/aromatic N) is 1. The molecule has 0 saturated carbocycles. The molecule has 3 nitrogen and oxygen atoms in total. The summed E-state index contributed by atoms with van der Waals surface area (Å²) in [5.74, 6) is 0.988. The van der Waals surface area contributed by atoms with Gasteiger partial charge in [-0.2, -0.15) is 0 Å². The van der Waals surface area contributed by atoms with Crippen LogP contribution in [0, 0.1) is 0 Å². The van der Waals surface area contributed by atoms with Crippen LogP contribution in [-0.2, 0) is 0 Å². The molecule has 1 aliphatic carbocycles. The van der Waals surface area contributed by atoms with Gasteiger partial charge >= 0.3 is 0 Å². The molecule has 0 N–H and O–H groups in total. The average molecular weight is 578 g/mol. The number of aromatic nitrogens is 1. The molecular formula is C42H27NO2. The molecule has 1 aliphatic heterocycles. The van der Waals surface area contributed by atoms with Gasteiger partial charge in [-0.05, 0) is 76.9 Å². The molecule has 2 aliphatic rings. The maximum absolute atomic E-state index is 6.60. The molecule has 0 spiro atoms. The summed E-state index contributed by atoms with van der Waals surface area (Å²) in [7, 11) is 0. The first-order valence-electron chi connectivity index (χ1n) is 15.5. The minimum Gasteiger partial charge on any atom is -0.481 e. The van der Waals surface area contributed by atoms with Crippen LogP contribution in [0.3, 0.4) is 0 Å². The minimum atomic E-state index is -0.0498. The number of hydrogen-bond acceptors (Lipinski definition) is 2. The van der Waals surface area contributed by atoms with E-state index >= 15 is 0 Å². The van der Waals surface area contributed by atoms with Crippen molar-refractivity contribution in [3.63, 3.8) is 0 Å². The number of ether oxygens (including phenoxy) is 1. The molecule has 8 aromatic rings. The van der Waals surface area contributed by atoms with E-state index in [4.69, 9.17) is 9.15 Å². The topological polar surface area (TPSA) is 27.3 Å². The summed E-state index contributed by atoms with van der Waals surface area (Å²) < 4.78 is 15.4. The highest BCUT2D eigenvalue weighted by Crippen LogP contribution is 2.49. The van der Waals surface area contributed by atoms with E-state index in [9.17, 15) is 0 Å². The molecule has 2 atom stereocenters.